The monoisotopic (exact) mass is 282 g/mol. The average molecular weight is 283 g/mol. The van der Waals surface area contributed by atoms with Crippen LogP contribution in [0.4, 0.5) is 0 Å². The summed E-state index contributed by atoms with van der Waals surface area (Å²) in [5, 5.41) is 4.31. The fourth-order valence-corrected chi connectivity index (χ4v) is 2.97. The molecule has 0 saturated carbocycles. The van der Waals surface area contributed by atoms with Gasteiger partial charge in [-0.25, -0.2) is 0 Å². The van der Waals surface area contributed by atoms with Gasteiger partial charge in [-0.15, -0.1) is 0 Å². The second-order valence-electron chi connectivity index (χ2n) is 5.40. The Morgan fingerprint density at radius 3 is 3.00 bits per heavy atom. The highest BCUT2D eigenvalue weighted by Gasteiger charge is 2.36. The Morgan fingerprint density at radius 2 is 2.37 bits per heavy atom. The smallest absolute Gasteiger partial charge is 0.0810 e. The number of halogens is 1. The maximum Gasteiger partial charge on any atom is 0.0810 e. The van der Waals surface area contributed by atoms with Gasteiger partial charge >= 0.3 is 0 Å². The van der Waals surface area contributed by atoms with E-state index in [1.54, 1.807) is 12.4 Å². The third-order valence-electron chi connectivity index (χ3n) is 3.97. The van der Waals surface area contributed by atoms with Crippen LogP contribution < -0.4 is 5.32 Å². The molecule has 4 heteroatoms. The van der Waals surface area contributed by atoms with Gasteiger partial charge in [0.25, 0.3) is 0 Å². The first-order valence-electron chi connectivity index (χ1n) is 7.11. The summed E-state index contributed by atoms with van der Waals surface area (Å²) in [5.41, 5.74) is 1.04. The zero-order valence-corrected chi connectivity index (χ0v) is 12.5. The second-order valence-corrected chi connectivity index (χ2v) is 5.81. The Balaban J connectivity index is 2.13. The first-order valence-corrected chi connectivity index (χ1v) is 7.49. The van der Waals surface area contributed by atoms with Gasteiger partial charge in [0.15, 0.2) is 0 Å². The van der Waals surface area contributed by atoms with Gasteiger partial charge in [-0.3, -0.25) is 4.98 Å². The third-order valence-corrected chi connectivity index (χ3v) is 4.31. The average Bonchev–Trinajstić information content (AvgIpc) is 2.41. The molecule has 2 atom stereocenters. The van der Waals surface area contributed by atoms with E-state index in [4.69, 9.17) is 16.3 Å². The van der Waals surface area contributed by atoms with Crippen molar-refractivity contribution in [3.63, 3.8) is 0 Å². The lowest BCUT2D eigenvalue weighted by molar-refractivity contribution is -0.0881. The molecule has 0 amide bonds. The van der Waals surface area contributed by atoms with Crippen molar-refractivity contribution in [3.05, 3.63) is 29.0 Å². The van der Waals surface area contributed by atoms with E-state index < -0.39 is 0 Å². The third kappa shape index (κ3) is 3.68. The highest BCUT2D eigenvalue weighted by Crippen LogP contribution is 2.30. The van der Waals surface area contributed by atoms with Gasteiger partial charge in [0.1, 0.15) is 0 Å². The predicted octanol–water partition coefficient (Wildman–Crippen LogP) is 3.21. The molecule has 3 nitrogen and oxygen atoms in total. The number of rotatable bonds is 5. The Kier molecular flexibility index (Phi) is 5.20. The van der Waals surface area contributed by atoms with E-state index in [0.29, 0.717) is 0 Å². The van der Waals surface area contributed by atoms with Crippen LogP contribution in [0.1, 0.15) is 38.7 Å². The lowest BCUT2D eigenvalue weighted by Crippen LogP contribution is -2.53. The van der Waals surface area contributed by atoms with Crippen LogP contribution in [-0.2, 0) is 11.2 Å². The number of nitrogens with one attached hydrogen (secondary N) is 1. The lowest BCUT2D eigenvalue weighted by atomic mass is 9.84. The molecular weight excluding hydrogens is 260 g/mol. The standard InChI is InChI=1S/C15H23ClN2O/c1-3-18-14(15(2)7-4-5-9-19-15)10-12-6-8-17-11-13(12)16/h6,8,11,14,18H,3-5,7,9-10H2,1-2H3. The van der Waals surface area contributed by atoms with Crippen molar-refractivity contribution >= 4 is 11.6 Å². The predicted molar refractivity (Wildman–Crippen MR) is 78.6 cm³/mol. The summed E-state index contributed by atoms with van der Waals surface area (Å²) < 4.78 is 6.07. The number of pyridine rings is 1. The Bertz CT molecular complexity index is 405. The minimum absolute atomic E-state index is 0.0964. The maximum absolute atomic E-state index is 6.22. The highest BCUT2D eigenvalue weighted by atomic mass is 35.5. The number of hydrogen-bond donors (Lipinski definition) is 1. The number of nitrogens with zero attached hydrogens (tertiary/aromatic N) is 1. The molecule has 0 radical (unpaired) electrons. The number of ether oxygens (including phenoxy) is 1. The molecule has 1 aliphatic heterocycles. The zero-order chi connectivity index (χ0) is 13.7. The summed E-state index contributed by atoms with van der Waals surface area (Å²) in [6, 6.07) is 2.29. The van der Waals surface area contributed by atoms with E-state index in [0.717, 1.165) is 36.6 Å². The van der Waals surface area contributed by atoms with Crippen molar-refractivity contribution in [2.45, 2.75) is 51.2 Å². The summed E-state index contributed by atoms with van der Waals surface area (Å²) in [4.78, 5) is 4.04. The van der Waals surface area contributed by atoms with E-state index in [2.05, 4.69) is 24.1 Å². The summed E-state index contributed by atoms with van der Waals surface area (Å²) in [6.45, 7) is 6.15. The van der Waals surface area contributed by atoms with Crippen molar-refractivity contribution < 1.29 is 4.74 Å². The molecule has 106 valence electrons. The van der Waals surface area contributed by atoms with E-state index in [-0.39, 0.29) is 11.6 Å². The first kappa shape index (κ1) is 14.8. The SMILES string of the molecule is CCNC(Cc1ccncc1Cl)C1(C)CCCCO1. The van der Waals surface area contributed by atoms with E-state index in [9.17, 15) is 0 Å². The van der Waals surface area contributed by atoms with E-state index in [1.807, 2.05) is 6.07 Å². The molecule has 0 aliphatic carbocycles. The van der Waals surface area contributed by atoms with Crippen LogP contribution in [0.3, 0.4) is 0 Å². The van der Waals surface area contributed by atoms with Gasteiger partial charge in [-0.1, -0.05) is 18.5 Å². The van der Waals surface area contributed by atoms with Crippen LogP contribution in [0.15, 0.2) is 18.5 Å². The lowest BCUT2D eigenvalue weighted by Gasteiger charge is -2.41. The van der Waals surface area contributed by atoms with Crippen molar-refractivity contribution in [1.82, 2.24) is 10.3 Å². The largest absolute Gasteiger partial charge is 0.374 e. The number of hydrogen-bond acceptors (Lipinski definition) is 3. The van der Waals surface area contributed by atoms with Crippen LogP contribution in [0.25, 0.3) is 0 Å². The van der Waals surface area contributed by atoms with Gasteiger partial charge in [-0.05, 0) is 50.8 Å². The topological polar surface area (TPSA) is 34.2 Å². The van der Waals surface area contributed by atoms with E-state index in [1.165, 1.54) is 12.8 Å². The van der Waals surface area contributed by atoms with Gasteiger partial charge in [-0.2, -0.15) is 0 Å². The number of likely N-dealkylation sites (N-methyl/N-ethyl adjacent to an activating group) is 1. The molecule has 1 N–H and O–H groups in total. The Labute approximate surface area is 120 Å². The van der Waals surface area contributed by atoms with Gasteiger partial charge < -0.3 is 10.1 Å². The zero-order valence-electron chi connectivity index (χ0n) is 11.8. The summed E-state index contributed by atoms with van der Waals surface area (Å²) in [5.74, 6) is 0. The molecule has 1 saturated heterocycles. The van der Waals surface area contributed by atoms with E-state index >= 15 is 0 Å². The molecule has 2 unspecified atom stereocenters. The molecule has 1 fully saturated rings. The Hall–Kier alpha value is -0.640. The van der Waals surface area contributed by atoms with Crippen molar-refractivity contribution in [2.75, 3.05) is 13.2 Å². The molecule has 1 aromatic heterocycles. The minimum Gasteiger partial charge on any atom is -0.374 e. The van der Waals surface area contributed by atoms with Crippen LogP contribution >= 0.6 is 11.6 Å². The molecule has 0 spiro atoms. The van der Waals surface area contributed by atoms with Crippen LogP contribution in [0.5, 0.6) is 0 Å². The molecule has 2 rings (SSSR count). The summed E-state index contributed by atoms with van der Waals surface area (Å²) in [6.07, 6.45) is 7.91. The molecule has 1 aromatic rings. The minimum atomic E-state index is -0.0964. The summed E-state index contributed by atoms with van der Waals surface area (Å²) in [7, 11) is 0. The summed E-state index contributed by atoms with van der Waals surface area (Å²) >= 11 is 6.22. The first-order chi connectivity index (χ1) is 9.15. The fourth-order valence-electron chi connectivity index (χ4n) is 2.77. The molecule has 0 bridgehead atoms. The second kappa shape index (κ2) is 6.69. The molecule has 2 heterocycles. The van der Waals surface area contributed by atoms with Gasteiger partial charge in [0.2, 0.25) is 0 Å². The normalized spacial score (nSPS) is 25.2. The fraction of sp³-hybridized carbons (Fsp3) is 0.667. The highest BCUT2D eigenvalue weighted by molar-refractivity contribution is 6.31. The Morgan fingerprint density at radius 1 is 1.53 bits per heavy atom. The van der Waals surface area contributed by atoms with Crippen LogP contribution in [0.2, 0.25) is 5.02 Å². The molecule has 19 heavy (non-hydrogen) atoms. The quantitative estimate of drug-likeness (QED) is 0.900. The van der Waals surface area contributed by atoms with Crippen LogP contribution in [0, 0.1) is 0 Å². The van der Waals surface area contributed by atoms with Crippen molar-refractivity contribution in [3.8, 4) is 0 Å². The maximum atomic E-state index is 6.22. The number of aromatic nitrogens is 1. The van der Waals surface area contributed by atoms with Gasteiger partial charge in [0.05, 0.1) is 10.6 Å². The van der Waals surface area contributed by atoms with Crippen LogP contribution in [-0.4, -0.2) is 29.8 Å². The van der Waals surface area contributed by atoms with Gasteiger partial charge in [0, 0.05) is 25.0 Å². The van der Waals surface area contributed by atoms with Crippen molar-refractivity contribution in [1.29, 1.82) is 0 Å². The molecule has 0 aromatic carbocycles. The molecular formula is C15H23ClN2O. The molecule has 1 aliphatic rings. The van der Waals surface area contributed by atoms with Crippen molar-refractivity contribution in [2.24, 2.45) is 0 Å².